The zero-order valence-corrected chi connectivity index (χ0v) is 11.2. The highest BCUT2D eigenvalue weighted by molar-refractivity contribution is 7.20. The van der Waals surface area contributed by atoms with Crippen LogP contribution in [-0.2, 0) is 0 Å². The van der Waals surface area contributed by atoms with E-state index in [2.05, 4.69) is 6.58 Å². The Kier molecular flexibility index (Phi) is 3.67. The predicted molar refractivity (Wildman–Crippen MR) is 78.0 cm³/mol. The summed E-state index contributed by atoms with van der Waals surface area (Å²) in [5.41, 5.74) is 6.45. The van der Waals surface area contributed by atoms with Crippen LogP contribution in [0.25, 0.3) is 10.1 Å². The number of thiophene rings is 1. The summed E-state index contributed by atoms with van der Waals surface area (Å²) < 4.78 is 1.09. The van der Waals surface area contributed by atoms with Crippen LogP contribution in [0.5, 0.6) is 0 Å². The molecule has 1 amide bonds. The van der Waals surface area contributed by atoms with Gasteiger partial charge in [0.25, 0.3) is 5.91 Å². The number of nitrogen functional groups attached to an aromatic ring is 1. The lowest BCUT2D eigenvalue weighted by molar-refractivity contribution is 0.0802. The number of nitrogens with two attached hydrogens (primary N) is 1. The molecule has 0 aliphatic carbocycles. The van der Waals surface area contributed by atoms with Crippen LogP contribution in [0.1, 0.15) is 16.1 Å². The maximum absolute atomic E-state index is 12.2. The standard InChI is InChI=1S/C14H16N2OS/c1-3-4-7-16(2)14(17)13-9-10-8-11(15)5-6-12(10)18-13/h3,5-6,8-9H,1,4,7,15H2,2H3. The molecule has 1 aromatic carbocycles. The molecule has 0 aliphatic heterocycles. The van der Waals surface area contributed by atoms with Crippen LogP contribution in [0, 0.1) is 0 Å². The Morgan fingerprint density at radius 2 is 2.28 bits per heavy atom. The van der Waals surface area contributed by atoms with E-state index in [1.54, 1.807) is 4.90 Å². The average molecular weight is 260 g/mol. The zero-order valence-electron chi connectivity index (χ0n) is 10.3. The highest BCUT2D eigenvalue weighted by Crippen LogP contribution is 2.28. The summed E-state index contributed by atoms with van der Waals surface area (Å²) >= 11 is 1.50. The van der Waals surface area contributed by atoms with Gasteiger partial charge in [-0.15, -0.1) is 17.9 Å². The van der Waals surface area contributed by atoms with Crippen LogP contribution >= 0.6 is 11.3 Å². The smallest absolute Gasteiger partial charge is 0.263 e. The van der Waals surface area contributed by atoms with Crippen molar-refractivity contribution in [3.05, 3.63) is 41.8 Å². The molecule has 1 heterocycles. The highest BCUT2D eigenvalue weighted by Gasteiger charge is 2.14. The molecular formula is C14H16N2OS. The third kappa shape index (κ3) is 2.54. The van der Waals surface area contributed by atoms with Crippen molar-refractivity contribution in [3.8, 4) is 0 Å². The van der Waals surface area contributed by atoms with E-state index in [9.17, 15) is 4.79 Å². The maximum Gasteiger partial charge on any atom is 0.263 e. The summed E-state index contributed by atoms with van der Waals surface area (Å²) in [6, 6.07) is 7.61. The summed E-state index contributed by atoms with van der Waals surface area (Å²) in [7, 11) is 1.81. The Morgan fingerprint density at radius 3 is 3.00 bits per heavy atom. The number of amides is 1. The highest BCUT2D eigenvalue weighted by atomic mass is 32.1. The van der Waals surface area contributed by atoms with Crippen LogP contribution in [0.3, 0.4) is 0 Å². The largest absolute Gasteiger partial charge is 0.399 e. The minimum absolute atomic E-state index is 0.0524. The Morgan fingerprint density at radius 1 is 1.50 bits per heavy atom. The van der Waals surface area contributed by atoms with Crippen LogP contribution < -0.4 is 5.73 Å². The van der Waals surface area contributed by atoms with Gasteiger partial charge in [-0.2, -0.15) is 0 Å². The van der Waals surface area contributed by atoms with Gasteiger partial charge in [0.05, 0.1) is 4.88 Å². The molecule has 0 spiro atoms. The molecule has 2 rings (SSSR count). The first-order valence-corrected chi connectivity index (χ1v) is 6.59. The van der Waals surface area contributed by atoms with Gasteiger partial charge in [0.2, 0.25) is 0 Å². The Labute approximate surface area is 111 Å². The van der Waals surface area contributed by atoms with E-state index >= 15 is 0 Å². The average Bonchev–Trinajstić information content (AvgIpc) is 2.77. The number of benzene rings is 1. The Balaban J connectivity index is 2.25. The summed E-state index contributed by atoms with van der Waals surface area (Å²) in [6.45, 7) is 4.35. The van der Waals surface area contributed by atoms with Gasteiger partial charge in [-0.3, -0.25) is 4.79 Å². The monoisotopic (exact) mass is 260 g/mol. The van der Waals surface area contributed by atoms with Crippen molar-refractivity contribution in [2.45, 2.75) is 6.42 Å². The number of carbonyl (C=O) groups is 1. The first-order valence-electron chi connectivity index (χ1n) is 5.77. The molecule has 0 saturated carbocycles. The lowest BCUT2D eigenvalue weighted by Crippen LogP contribution is -2.26. The van der Waals surface area contributed by atoms with E-state index < -0.39 is 0 Å². The van der Waals surface area contributed by atoms with E-state index in [-0.39, 0.29) is 5.91 Å². The van der Waals surface area contributed by atoms with E-state index in [1.165, 1.54) is 11.3 Å². The minimum atomic E-state index is 0.0524. The summed E-state index contributed by atoms with van der Waals surface area (Å²) in [5.74, 6) is 0.0524. The number of rotatable bonds is 4. The molecule has 2 aromatic rings. The zero-order chi connectivity index (χ0) is 13.1. The first kappa shape index (κ1) is 12.6. The van der Waals surface area contributed by atoms with E-state index in [1.807, 2.05) is 37.4 Å². The summed E-state index contributed by atoms with van der Waals surface area (Å²) in [4.78, 5) is 14.6. The van der Waals surface area contributed by atoms with Gasteiger partial charge < -0.3 is 10.6 Å². The second kappa shape index (κ2) is 5.23. The molecule has 1 aromatic heterocycles. The third-order valence-electron chi connectivity index (χ3n) is 2.77. The van der Waals surface area contributed by atoms with Gasteiger partial charge in [0.1, 0.15) is 0 Å². The molecule has 0 atom stereocenters. The van der Waals surface area contributed by atoms with Crippen LogP contribution in [0.4, 0.5) is 5.69 Å². The number of fused-ring (bicyclic) bond motifs is 1. The SMILES string of the molecule is C=CCCN(C)C(=O)c1cc2cc(N)ccc2s1. The molecule has 94 valence electrons. The van der Waals surface area contributed by atoms with Crippen molar-refractivity contribution in [1.82, 2.24) is 4.90 Å². The van der Waals surface area contributed by atoms with Crippen LogP contribution in [0.15, 0.2) is 36.9 Å². The second-order valence-corrected chi connectivity index (χ2v) is 5.30. The molecule has 3 nitrogen and oxygen atoms in total. The van der Waals surface area contributed by atoms with Crippen LogP contribution in [0.2, 0.25) is 0 Å². The molecule has 0 radical (unpaired) electrons. The van der Waals surface area contributed by atoms with Gasteiger partial charge in [-0.05, 0) is 36.1 Å². The molecule has 4 heteroatoms. The lowest BCUT2D eigenvalue weighted by atomic mass is 10.2. The molecule has 0 unspecified atom stereocenters. The number of nitrogens with zero attached hydrogens (tertiary/aromatic N) is 1. The van der Waals surface area contributed by atoms with E-state index in [4.69, 9.17) is 5.73 Å². The fourth-order valence-electron chi connectivity index (χ4n) is 1.74. The molecule has 2 N–H and O–H groups in total. The fourth-order valence-corrected chi connectivity index (χ4v) is 2.78. The second-order valence-electron chi connectivity index (χ2n) is 4.21. The predicted octanol–water partition coefficient (Wildman–Crippen LogP) is 3.13. The molecule has 0 saturated heterocycles. The van der Waals surface area contributed by atoms with E-state index in [0.717, 1.165) is 27.1 Å². The molecular weight excluding hydrogens is 244 g/mol. The topological polar surface area (TPSA) is 46.3 Å². The van der Waals surface area contributed by atoms with Gasteiger partial charge >= 0.3 is 0 Å². The summed E-state index contributed by atoms with van der Waals surface area (Å²) in [6.07, 6.45) is 2.62. The quantitative estimate of drug-likeness (QED) is 0.678. The van der Waals surface area contributed by atoms with Gasteiger partial charge in [0, 0.05) is 24.0 Å². The van der Waals surface area contributed by atoms with Crippen molar-refractivity contribution in [2.24, 2.45) is 0 Å². The maximum atomic E-state index is 12.2. The number of anilines is 1. The molecule has 0 bridgehead atoms. The number of carbonyl (C=O) groups excluding carboxylic acids is 1. The Bertz CT molecular complexity index is 588. The molecule has 0 aliphatic rings. The lowest BCUT2D eigenvalue weighted by Gasteiger charge is -2.14. The molecule has 18 heavy (non-hydrogen) atoms. The number of hydrogen-bond acceptors (Lipinski definition) is 3. The number of hydrogen-bond donors (Lipinski definition) is 1. The van der Waals surface area contributed by atoms with Crippen molar-refractivity contribution >= 4 is 33.0 Å². The van der Waals surface area contributed by atoms with E-state index in [0.29, 0.717) is 6.54 Å². The van der Waals surface area contributed by atoms with Crippen molar-refractivity contribution in [3.63, 3.8) is 0 Å². The van der Waals surface area contributed by atoms with Gasteiger partial charge in [-0.25, -0.2) is 0 Å². The molecule has 0 fully saturated rings. The van der Waals surface area contributed by atoms with Crippen molar-refractivity contribution < 1.29 is 4.79 Å². The Hall–Kier alpha value is -1.81. The third-order valence-corrected chi connectivity index (χ3v) is 3.87. The fraction of sp³-hybridized carbons (Fsp3) is 0.214. The van der Waals surface area contributed by atoms with Crippen LogP contribution in [-0.4, -0.2) is 24.4 Å². The van der Waals surface area contributed by atoms with Gasteiger partial charge in [0.15, 0.2) is 0 Å². The van der Waals surface area contributed by atoms with Gasteiger partial charge in [-0.1, -0.05) is 6.08 Å². The normalized spacial score (nSPS) is 10.5. The summed E-state index contributed by atoms with van der Waals surface area (Å²) in [5, 5.41) is 1.03. The van der Waals surface area contributed by atoms with Crippen molar-refractivity contribution in [1.29, 1.82) is 0 Å². The first-order chi connectivity index (χ1) is 8.61. The van der Waals surface area contributed by atoms with Crippen molar-refractivity contribution in [2.75, 3.05) is 19.3 Å². The minimum Gasteiger partial charge on any atom is -0.399 e.